The van der Waals surface area contributed by atoms with Crippen LogP contribution in [0.3, 0.4) is 0 Å². The minimum Gasteiger partial charge on any atom is -0.481 e. The first kappa shape index (κ1) is 12.4. The third-order valence-electron chi connectivity index (χ3n) is 3.16. The van der Waals surface area contributed by atoms with Crippen LogP contribution < -0.4 is 5.56 Å². The number of hydrogen-bond donors (Lipinski definition) is 2. The smallest absolute Gasteiger partial charge is 0.310 e. The molecule has 4 nitrogen and oxygen atoms in total. The van der Waals surface area contributed by atoms with Crippen LogP contribution in [0.4, 0.5) is 0 Å². The van der Waals surface area contributed by atoms with Crippen LogP contribution in [0.25, 0.3) is 10.9 Å². The molecule has 1 aromatic heterocycles. The first-order chi connectivity index (χ1) is 8.52. The molecule has 0 saturated heterocycles. The second-order valence-corrected chi connectivity index (χ2v) is 4.43. The molecule has 94 valence electrons. The van der Waals surface area contributed by atoms with Crippen LogP contribution in [0, 0.1) is 6.92 Å². The number of rotatable bonds is 3. The number of carbonyl (C=O) groups is 1. The quantitative estimate of drug-likeness (QED) is 0.872. The summed E-state index contributed by atoms with van der Waals surface area (Å²) in [5, 5.41) is 10.0. The minimum atomic E-state index is -0.821. The van der Waals surface area contributed by atoms with Crippen molar-refractivity contribution in [3.8, 4) is 0 Å². The Balaban J connectivity index is 2.59. The maximum absolute atomic E-state index is 11.5. The average Bonchev–Trinajstić information content (AvgIpc) is 2.31. The van der Waals surface area contributed by atoms with E-state index in [0.29, 0.717) is 12.0 Å². The molecule has 1 atom stereocenters. The number of aryl methyl sites for hydroxylation is 1. The summed E-state index contributed by atoms with van der Waals surface area (Å²) >= 11 is 0. The van der Waals surface area contributed by atoms with Crippen LogP contribution in [0.1, 0.15) is 30.4 Å². The Labute approximate surface area is 104 Å². The Hall–Kier alpha value is -2.10. The maximum Gasteiger partial charge on any atom is 0.310 e. The standard InChI is InChI=1S/C14H15NO3/c1-3-11(14(17)18)9-4-5-12-10(7-9)6-8(2)13(16)15-12/h4-7,11H,3H2,1-2H3,(H,15,16)(H,17,18). The lowest BCUT2D eigenvalue weighted by Crippen LogP contribution is -2.11. The molecule has 0 aliphatic carbocycles. The van der Waals surface area contributed by atoms with Gasteiger partial charge in [0, 0.05) is 11.1 Å². The molecule has 0 amide bonds. The van der Waals surface area contributed by atoms with Crippen LogP contribution in [0.5, 0.6) is 0 Å². The van der Waals surface area contributed by atoms with Crippen molar-refractivity contribution < 1.29 is 9.90 Å². The molecule has 2 aromatic rings. The van der Waals surface area contributed by atoms with E-state index in [-0.39, 0.29) is 5.56 Å². The van der Waals surface area contributed by atoms with E-state index in [1.165, 1.54) is 0 Å². The van der Waals surface area contributed by atoms with E-state index in [1.54, 1.807) is 25.1 Å². The normalized spacial score (nSPS) is 12.6. The zero-order valence-electron chi connectivity index (χ0n) is 10.4. The van der Waals surface area contributed by atoms with Crippen LogP contribution in [-0.4, -0.2) is 16.1 Å². The summed E-state index contributed by atoms with van der Waals surface area (Å²) in [6, 6.07) is 7.14. The van der Waals surface area contributed by atoms with Crippen LogP contribution in [-0.2, 0) is 4.79 Å². The lowest BCUT2D eigenvalue weighted by Gasteiger charge is -2.11. The number of aromatic nitrogens is 1. The van der Waals surface area contributed by atoms with Crippen molar-refractivity contribution in [2.75, 3.05) is 0 Å². The number of carboxylic acid groups (broad SMARTS) is 1. The maximum atomic E-state index is 11.5. The van der Waals surface area contributed by atoms with E-state index in [9.17, 15) is 9.59 Å². The molecule has 4 heteroatoms. The van der Waals surface area contributed by atoms with E-state index in [1.807, 2.05) is 13.0 Å². The van der Waals surface area contributed by atoms with Crippen molar-refractivity contribution in [1.29, 1.82) is 0 Å². The van der Waals surface area contributed by atoms with Gasteiger partial charge in [0.1, 0.15) is 0 Å². The highest BCUT2D eigenvalue weighted by atomic mass is 16.4. The van der Waals surface area contributed by atoms with Gasteiger partial charge in [0.15, 0.2) is 0 Å². The van der Waals surface area contributed by atoms with E-state index in [4.69, 9.17) is 5.11 Å². The number of H-pyrrole nitrogens is 1. The van der Waals surface area contributed by atoms with Gasteiger partial charge in [-0.05, 0) is 42.5 Å². The fourth-order valence-corrected chi connectivity index (χ4v) is 2.10. The third kappa shape index (κ3) is 2.14. The zero-order chi connectivity index (χ0) is 13.3. The topological polar surface area (TPSA) is 70.2 Å². The molecule has 0 fully saturated rings. The molecule has 0 saturated carbocycles. The molecule has 0 bridgehead atoms. The van der Waals surface area contributed by atoms with Crippen LogP contribution in [0.2, 0.25) is 0 Å². The van der Waals surface area contributed by atoms with E-state index >= 15 is 0 Å². The van der Waals surface area contributed by atoms with E-state index < -0.39 is 11.9 Å². The lowest BCUT2D eigenvalue weighted by molar-refractivity contribution is -0.138. The number of pyridine rings is 1. The number of fused-ring (bicyclic) bond motifs is 1. The number of aliphatic carboxylic acids is 1. The Morgan fingerprint density at radius 2 is 2.11 bits per heavy atom. The SMILES string of the molecule is CCC(C(=O)O)c1ccc2[nH]c(=O)c(C)cc2c1. The fourth-order valence-electron chi connectivity index (χ4n) is 2.10. The Morgan fingerprint density at radius 3 is 2.72 bits per heavy atom. The van der Waals surface area contributed by atoms with Gasteiger partial charge in [-0.15, -0.1) is 0 Å². The lowest BCUT2D eigenvalue weighted by atomic mass is 9.95. The number of aromatic amines is 1. The monoisotopic (exact) mass is 245 g/mol. The summed E-state index contributed by atoms with van der Waals surface area (Å²) in [5.41, 5.74) is 2.02. The predicted molar refractivity (Wildman–Crippen MR) is 70.0 cm³/mol. The molecule has 1 unspecified atom stereocenters. The van der Waals surface area contributed by atoms with Crippen molar-refractivity contribution >= 4 is 16.9 Å². The van der Waals surface area contributed by atoms with Crippen LogP contribution in [0.15, 0.2) is 29.1 Å². The third-order valence-corrected chi connectivity index (χ3v) is 3.16. The first-order valence-electron chi connectivity index (χ1n) is 5.89. The molecule has 1 aromatic carbocycles. The van der Waals surface area contributed by atoms with Gasteiger partial charge in [0.05, 0.1) is 5.92 Å². The largest absolute Gasteiger partial charge is 0.481 e. The second-order valence-electron chi connectivity index (χ2n) is 4.43. The van der Waals surface area contributed by atoms with Gasteiger partial charge in [0.2, 0.25) is 0 Å². The molecule has 18 heavy (non-hydrogen) atoms. The van der Waals surface area contributed by atoms with Crippen molar-refractivity contribution in [2.24, 2.45) is 0 Å². The highest BCUT2D eigenvalue weighted by Crippen LogP contribution is 2.23. The highest BCUT2D eigenvalue weighted by Gasteiger charge is 2.17. The van der Waals surface area contributed by atoms with E-state index in [2.05, 4.69) is 4.98 Å². The molecular weight excluding hydrogens is 230 g/mol. The summed E-state index contributed by atoms with van der Waals surface area (Å²) in [5.74, 6) is -1.32. The van der Waals surface area contributed by atoms with Gasteiger partial charge in [-0.1, -0.05) is 13.0 Å². The summed E-state index contributed by atoms with van der Waals surface area (Å²) < 4.78 is 0. The second kappa shape index (κ2) is 4.64. The van der Waals surface area contributed by atoms with Gasteiger partial charge < -0.3 is 10.1 Å². The highest BCUT2D eigenvalue weighted by molar-refractivity contribution is 5.83. The Bertz CT molecular complexity index is 658. The molecule has 0 radical (unpaired) electrons. The first-order valence-corrected chi connectivity index (χ1v) is 5.89. The van der Waals surface area contributed by atoms with Gasteiger partial charge in [-0.2, -0.15) is 0 Å². The van der Waals surface area contributed by atoms with Crippen molar-refractivity contribution in [3.05, 3.63) is 45.7 Å². The van der Waals surface area contributed by atoms with Gasteiger partial charge >= 0.3 is 5.97 Å². The molecule has 2 rings (SSSR count). The molecule has 0 aliphatic rings. The molecular formula is C14H15NO3. The number of benzene rings is 1. The molecule has 1 heterocycles. The predicted octanol–water partition coefficient (Wildman–Crippen LogP) is 2.41. The van der Waals surface area contributed by atoms with Gasteiger partial charge in [-0.25, -0.2) is 0 Å². The minimum absolute atomic E-state index is 0.111. The summed E-state index contributed by atoms with van der Waals surface area (Å²) in [6.45, 7) is 3.58. The fraction of sp³-hybridized carbons (Fsp3) is 0.286. The summed E-state index contributed by atoms with van der Waals surface area (Å²) in [6.07, 6.45) is 0.545. The van der Waals surface area contributed by atoms with Crippen molar-refractivity contribution in [1.82, 2.24) is 4.98 Å². The molecule has 0 aliphatic heterocycles. The number of carboxylic acids is 1. The van der Waals surface area contributed by atoms with Crippen LogP contribution >= 0.6 is 0 Å². The van der Waals surface area contributed by atoms with E-state index in [0.717, 1.165) is 16.5 Å². The zero-order valence-corrected chi connectivity index (χ0v) is 10.4. The average molecular weight is 245 g/mol. The van der Waals surface area contributed by atoms with Crippen molar-refractivity contribution in [2.45, 2.75) is 26.2 Å². The number of nitrogens with one attached hydrogen (secondary N) is 1. The van der Waals surface area contributed by atoms with Crippen molar-refractivity contribution in [3.63, 3.8) is 0 Å². The Morgan fingerprint density at radius 1 is 1.39 bits per heavy atom. The molecule has 0 spiro atoms. The Kier molecular flexibility index (Phi) is 3.19. The summed E-state index contributed by atoms with van der Waals surface area (Å²) in [7, 11) is 0. The molecule has 2 N–H and O–H groups in total. The number of hydrogen-bond acceptors (Lipinski definition) is 2. The summed E-state index contributed by atoms with van der Waals surface area (Å²) in [4.78, 5) is 25.4. The van der Waals surface area contributed by atoms with Gasteiger partial charge in [0.25, 0.3) is 5.56 Å². The van der Waals surface area contributed by atoms with Gasteiger partial charge in [-0.3, -0.25) is 9.59 Å².